The summed E-state index contributed by atoms with van der Waals surface area (Å²) >= 11 is 6.34. The van der Waals surface area contributed by atoms with E-state index in [2.05, 4.69) is 15.4 Å². The Bertz CT molecular complexity index is 1170. The van der Waals surface area contributed by atoms with Crippen molar-refractivity contribution >= 4 is 28.5 Å². The number of carboxylic acids is 1. The maximum absolute atomic E-state index is 11.0. The van der Waals surface area contributed by atoms with E-state index in [0.717, 1.165) is 16.5 Å². The number of rotatable bonds is 7. The smallest absolute Gasteiger partial charge is 0.335 e. The van der Waals surface area contributed by atoms with E-state index in [4.69, 9.17) is 30.7 Å². The molecule has 2 aromatic heterocycles. The molecule has 0 unspecified atom stereocenters. The van der Waals surface area contributed by atoms with E-state index in [1.54, 1.807) is 37.4 Å². The Morgan fingerprint density at radius 2 is 2.00 bits per heavy atom. The molecule has 0 aliphatic carbocycles. The molecule has 2 aromatic carbocycles. The molecule has 2 heterocycles. The van der Waals surface area contributed by atoms with Gasteiger partial charge in [-0.3, -0.25) is 5.10 Å². The highest BCUT2D eigenvalue weighted by atomic mass is 35.5. The van der Waals surface area contributed by atoms with Crippen molar-refractivity contribution in [1.29, 1.82) is 0 Å². The zero-order valence-electron chi connectivity index (χ0n) is 15.3. The monoisotopic (exact) mass is 413 g/mol. The first-order valence-electron chi connectivity index (χ1n) is 8.67. The summed E-state index contributed by atoms with van der Waals surface area (Å²) < 4.78 is 16.0. The summed E-state index contributed by atoms with van der Waals surface area (Å²) in [4.78, 5) is 11.0. The van der Waals surface area contributed by atoms with E-state index in [9.17, 15) is 4.79 Å². The van der Waals surface area contributed by atoms with E-state index in [0.29, 0.717) is 41.1 Å². The molecule has 0 atom stereocenters. The molecule has 0 bridgehead atoms. The van der Waals surface area contributed by atoms with Crippen molar-refractivity contribution < 1.29 is 23.9 Å². The van der Waals surface area contributed by atoms with Crippen LogP contribution in [0.1, 0.15) is 10.4 Å². The number of hydrogen-bond acceptors (Lipinski definition) is 6. The van der Waals surface area contributed by atoms with Gasteiger partial charge in [-0.05, 0) is 18.2 Å². The quantitative estimate of drug-likeness (QED) is 0.435. The number of carboxylic acid groups (broad SMARTS) is 1. The number of hydrogen-bond donors (Lipinski definition) is 2. The Labute approximate surface area is 170 Å². The SMILES string of the molecule is COCCOc1cc2[nH]nc(-c3cc(-c4ccc(C(=O)O)cc4)no3)c2cc1Cl. The Kier molecular flexibility index (Phi) is 5.20. The summed E-state index contributed by atoms with van der Waals surface area (Å²) in [6.07, 6.45) is 0. The first kappa shape index (κ1) is 19.0. The van der Waals surface area contributed by atoms with Crippen LogP contribution in [0.2, 0.25) is 5.02 Å². The van der Waals surface area contributed by atoms with Crippen molar-refractivity contribution in [3.8, 4) is 28.5 Å². The molecule has 0 saturated heterocycles. The van der Waals surface area contributed by atoms with Crippen LogP contribution in [0.4, 0.5) is 0 Å². The second-order valence-electron chi connectivity index (χ2n) is 6.20. The number of aromatic nitrogens is 3. The highest BCUT2D eigenvalue weighted by molar-refractivity contribution is 6.33. The van der Waals surface area contributed by atoms with E-state index in [1.165, 1.54) is 12.1 Å². The second-order valence-corrected chi connectivity index (χ2v) is 6.61. The molecule has 29 heavy (non-hydrogen) atoms. The predicted molar refractivity (Wildman–Crippen MR) is 106 cm³/mol. The highest BCUT2D eigenvalue weighted by Crippen LogP contribution is 2.35. The van der Waals surface area contributed by atoms with E-state index < -0.39 is 5.97 Å². The van der Waals surface area contributed by atoms with Gasteiger partial charge in [0.25, 0.3) is 0 Å². The number of carbonyl (C=O) groups is 1. The maximum Gasteiger partial charge on any atom is 0.335 e. The number of methoxy groups -OCH3 is 1. The third-order valence-electron chi connectivity index (χ3n) is 4.33. The molecule has 0 aliphatic rings. The lowest BCUT2D eigenvalue weighted by molar-refractivity contribution is 0.0697. The van der Waals surface area contributed by atoms with Crippen LogP contribution in [0.3, 0.4) is 0 Å². The lowest BCUT2D eigenvalue weighted by atomic mass is 10.1. The van der Waals surface area contributed by atoms with Gasteiger partial charge in [0.1, 0.15) is 23.7 Å². The lowest BCUT2D eigenvalue weighted by Gasteiger charge is -2.07. The first-order valence-corrected chi connectivity index (χ1v) is 9.05. The summed E-state index contributed by atoms with van der Waals surface area (Å²) in [5.41, 5.74) is 2.80. The Balaban J connectivity index is 1.63. The van der Waals surface area contributed by atoms with Crippen LogP contribution >= 0.6 is 11.6 Å². The number of benzene rings is 2. The van der Waals surface area contributed by atoms with Crippen molar-refractivity contribution in [3.63, 3.8) is 0 Å². The molecule has 9 heteroatoms. The van der Waals surface area contributed by atoms with E-state index in [1.807, 2.05) is 0 Å². The molecule has 0 fully saturated rings. The van der Waals surface area contributed by atoms with Crippen molar-refractivity contribution in [2.45, 2.75) is 0 Å². The van der Waals surface area contributed by atoms with Crippen molar-refractivity contribution in [2.24, 2.45) is 0 Å². The van der Waals surface area contributed by atoms with Crippen LogP contribution < -0.4 is 4.74 Å². The van der Waals surface area contributed by atoms with Crippen molar-refractivity contribution in [3.05, 3.63) is 53.1 Å². The van der Waals surface area contributed by atoms with Crippen LogP contribution in [0, 0.1) is 0 Å². The number of fused-ring (bicyclic) bond motifs is 1. The molecular weight excluding hydrogens is 398 g/mol. The average molecular weight is 414 g/mol. The number of nitrogens with one attached hydrogen (secondary N) is 1. The summed E-state index contributed by atoms with van der Waals surface area (Å²) in [5.74, 6) is 0.00343. The molecule has 8 nitrogen and oxygen atoms in total. The minimum Gasteiger partial charge on any atom is -0.490 e. The topological polar surface area (TPSA) is 110 Å². The van der Waals surface area contributed by atoms with Crippen LogP contribution in [0.15, 0.2) is 47.0 Å². The summed E-state index contributed by atoms with van der Waals surface area (Å²) in [7, 11) is 1.60. The van der Waals surface area contributed by atoms with Gasteiger partial charge < -0.3 is 19.1 Å². The molecule has 0 saturated carbocycles. The van der Waals surface area contributed by atoms with Gasteiger partial charge in [0.15, 0.2) is 5.76 Å². The summed E-state index contributed by atoms with van der Waals surface area (Å²) in [5, 5.41) is 21.5. The molecule has 148 valence electrons. The lowest BCUT2D eigenvalue weighted by Crippen LogP contribution is -2.04. The van der Waals surface area contributed by atoms with Gasteiger partial charge in [-0.2, -0.15) is 5.10 Å². The van der Waals surface area contributed by atoms with Crippen LogP contribution in [0.5, 0.6) is 5.75 Å². The van der Waals surface area contributed by atoms with Crippen molar-refractivity contribution in [2.75, 3.05) is 20.3 Å². The number of ether oxygens (including phenoxy) is 2. The zero-order valence-corrected chi connectivity index (χ0v) is 16.1. The number of aromatic amines is 1. The average Bonchev–Trinajstić information content (AvgIpc) is 3.35. The third kappa shape index (κ3) is 3.80. The van der Waals surface area contributed by atoms with Gasteiger partial charge >= 0.3 is 5.97 Å². The molecule has 4 aromatic rings. The first-order chi connectivity index (χ1) is 14.1. The Morgan fingerprint density at radius 3 is 2.72 bits per heavy atom. The number of H-pyrrole nitrogens is 1. The minimum absolute atomic E-state index is 0.203. The van der Waals surface area contributed by atoms with E-state index >= 15 is 0 Å². The van der Waals surface area contributed by atoms with Gasteiger partial charge in [-0.1, -0.05) is 28.9 Å². The normalized spacial score (nSPS) is 11.1. The molecule has 0 radical (unpaired) electrons. The Morgan fingerprint density at radius 1 is 1.21 bits per heavy atom. The molecular formula is C20H16ClN3O5. The molecule has 4 rings (SSSR count). The fourth-order valence-corrected chi connectivity index (χ4v) is 3.08. The summed E-state index contributed by atoms with van der Waals surface area (Å²) in [6, 6.07) is 11.6. The number of halogens is 1. The predicted octanol–water partition coefficient (Wildman–Crippen LogP) is 4.26. The van der Waals surface area contributed by atoms with Gasteiger partial charge in [0, 0.05) is 30.2 Å². The van der Waals surface area contributed by atoms with Gasteiger partial charge in [-0.15, -0.1) is 0 Å². The van der Waals surface area contributed by atoms with Crippen LogP contribution in [-0.2, 0) is 4.74 Å². The van der Waals surface area contributed by atoms with Gasteiger partial charge in [0.05, 0.1) is 22.7 Å². The molecule has 0 spiro atoms. The van der Waals surface area contributed by atoms with Gasteiger partial charge in [-0.25, -0.2) is 4.79 Å². The fraction of sp³-hybridized carbons (Fsp3) is 0.150. The number of aromatic carboxylic acids is 1. The van der Waals surface area contributed by atoms with Crippen molar-refractivity contribution in [1.82, 2.24) is 15.4 Å². The zero-order chi connectivity index (χ0) is 20.4. The van der Waals surface area contributed by atoms with Crippen LogP contribution in [0.25, 0.3) is 33.6 Å². The van der Waals surface area contributed by atoms with Crippen LogP contribution in [-0.4, -0.2) is 46.8 Å². The fourth-order valence-electron chi connectivity index (χ4n) is 2.86. The summed E-state index contributed by atoms with van der Waals surface area (Å²) in [6.45, 7) is 0.839. The molecule has 0 aliphatic heterocycles. The maximum atomic E-state index is 11.0. The second kappa shape index (κ2) is 7.94. The van der Waals surface area contributed by atoms with Gasteiger partial charge in [0.2, 0.25) is 0 Å². The third-order valence-corrected chi connectivity index (χ3v) is 4.63. The number of nitrogens with zero attached hydrogens (tertiary/aromatic N) is 2. The standard InChI is InChI=1S/C20H16ClN3O5/c1-27-6-7-28-17-10-16-13(8-14(17)21)19(23-22-16)18-9-15(24-29-18)11-2-4-12(5-3-11)20(25)26/h2-5,8-10H,6-7H2,1H3,(H,22,23)(H,25,26). The largest absolute Gasteiger partial charge is 0.490 e. The van der Waals surface area contributed by atoms with E-state index in [-0.39, 0.29) is 5.56 Å². The highest BCUT2D eigenvalue weighted by Gasteiger charge is 2.17. The molecule has 2 N–H and O–H groups in total. The minimum atomic E-state index is -0.983. The molecule has 0 amide bonds. The Hall–Kier alpha value is -3.36.